The molecule has 3 heterocycles. The summed E-state index contributed by atoms with van der Waals surface area (Å²) in [6.45, 7) is 2.44. The van der Waals surface area contributed by atoms with Crippen LogP contribution in [0.5, 0.6) is 0 Å². The topological polar surface area (TPSA) is 133 Å². The molecule has 0 radical (unpaired) electrons. The Morgan fingerprint density at radius 1 is 1.31 bits per heavy atom. The largest absolute Gasteiger partial charge is 0.334 e. The van der Waals surface area contributed by atoms with Gasteiger partial charge in [-0.05, 0) is 44.6 Å². The van der Waals surface area contributed by atoms with Crippen LogP contribution in [0.3, 0.4) is 0 Å². The van der Waals surface area contributed by atoms with Gasteiger partial charge in [-0.25, -0.2) is 9.78 Å². The van der Waals surface area contributed by atoms with Crippen LogP contribution in [0.4, 0.5) is 0 Å². The Kier molecular flexibility index (Phi) is 4.82. The van der Waals surface area contributed by atoms with E-state index in [-0.39, 0.29) is 18.3 Å². The van der Waals surface area contributed by atoms with Crippen LogP contribution >= 0.6 is 12.4 Å². The Labute approximate surface area is 172 Å². The van der Waals surface area contributed by atoms with E-state index in [1.54, 1.807) is 0 Å². The maximum absolute atomic E-state index is 12.7. The predicted octanol–water partition coefficient (Wildman–Crippen LogP) is 2.18. The summed E-state index contributed by atoms with van der Waals surface area (Å²) < 4.78 is 7.03. The first-order chi connectivity index (χ1) is 13.5. The molecule has 5 rings (SSSR count). The molecule has 3 aromatic rings. The molecule has 9 nitrogen and oxygen atoms in total. The number of hydrogen-bond acceptors (Lipinski definition) is 7. The molecule has 0 aliphatic heterocycles. The average Bonchev–Trinajstić information content (AvgIpc) is 3.38. The first-order valence-corrected chi connectivity index (χ1v) is 9.81. The van der Waals surface area contributed by atoms with Crippen LogP contribution in [-0.4, -0.2) is 24.7 Å². The molecule has 0 saturated heterocycles. The van der Waals surface area contributed by atoms with E-state index in [1.165, 1.54) is 4.57 Å². The standard InChI is InChI=1S/C19H22N6O3.ClH/c1-2-8-25-14-13(15(26)22-18(25)27)11(9-12(21-14)10-4-5-10)16-23-17(24-28-16)19(20)6-3-7-19;/h9-10H,2-8,20H2,1H3,(H,22,26,27);1H. The van der Waals surface area contributed by atoms with Crippen LogP contribution in [0.25, 0.3) is 22.5 Å². The Hall–Kier alpha value is -2.52. The van der Waals surface area contributed by atoms with Crippen molar-refractivity contribution in [3.05, 3.63) is 38.4 Å². The van der Waals surface area contributed by atoms with Crippen LogP contribution in [0, 0.1) is 0 Å². The van der Waals surface area contributed by atoms with Crippen molar-refractivity contribution in [2.45, 2.75) is 63.5 Å². The molecule has 3 N–H and O–H groups in total. The van der Waals surface area contributed by atoms with Gasteiger partial charge in [0.15, 0.2) is 11.5 Å². The first-order valence-electron chi connectivity index (χ1n) is 9.81. The van der Waals surface area contributed by atoms with Crippen molar-refractivity contribution in [1.82, 2.24) is 24.7 Å². The Morgan fingerprint density at radius 2 is 2.07 bits per heavy atom. The van der Waals surface area contributed by atoms with Gasteiger partial charge < -0.3 is 10.3 Å². The van der Waals surface area contributed by atoms with Crippen molar-refractivity contribution in [2.24, 2.45) is 5.73 Å². The SMILES string of the molecule is CCCn1c(=O)[nH]c(=O)c2c(-c3nc(C4(N)CCC4)no3)cc(C3CC3)nc21.Cl. The number of aromatic amines is 1. The zero-order chi connectivity index (χ0) is 19.5. The number of nitrogens with zero attached hydrogens (tertiary/aromatic N) is 4. The van der Waals surface area contributed by atoms with Crippen molar-refractivity contribution in [3.8, 4) is 11.5 Å². The summed E-state index contributed by atoms with van der Waals surface area (Å²) in [7, 11) is 0. The van der Waals surface area contributed by atoms with Gasteiger partial charge in [0.1, 0.15) is 0 Å². The normalized spacial score (nSPS) is 17.7. The smallest absolute Gasteiger partial charge is 0.329 e. The third-order valence-corrected chi connectivity index (χ3v) is 5.76. The van der Waals surface area contributed by atoms with Crippen molar-refractivity contribution in [2.75, 3.05) is 0 Å². The third-order valence-electron chi connectivity index (χ3n) is 5.76. The highest BCUT2D eigenvalue weighted by molar-refractivity contribution is 5.90. The number of rotatable bonds is 5. The number of pyridine rings is 1. The Bertz CT molecular complexity index is 1190. The van der Waals surface area contributed by atoms with E-state index < -0.39 is 16.8 Å². The predicted molar refractivity (Wildman–Crippen MR) is 109 cm³/mol. The van der Waals surface area contributed by atoms with Crippen LogP contribution in [-0.2, 0) is 12.1 Å². The zero-order valence-electron chi connectivity index (χ0n) is 16.1. The summed E-state index contributed by atoms with van der Waals surface area (Å²) in [5, 5.41) is 4.38. The molecule has 2 aliphatic carbocycles. The lowest BCUT2D eigenvalue weighted by Gasteiger charge is -2.34. The first kappa shape index (κ1) is 19.8. The Balaban J connectivity index is 0.00000205. The molecule has 0 bridgehead atoms. The summed E-state index contributed by atoms with van der Waals surface area (Å²) in [6, 6.07) is 1.84. The van der Waals surface area contributed by atoms with E-state index in [9.17, 15) is 9.59 Å². The van der Waals surface area contributed by atoms with Crippen LogP contribution in [0.1, 0.15) is 62.9 Å². The van der Waals surface area contributed by atoms with E-state index in [0.29, 0.717) is 34.9 Å². The summed E-state index contributed by atoms with van der Waals surface area (Å²) in [5.74, 6) is 1.04. The van der Waals surface area contributed by atoms with Gasteiger partial charge in [-0.15, -0.1) is 12.4 Å². The highest BCUT2D eigenvalue weighted by Crippen LogP contribution is 2.42. The molecule has 29 heavy (non-hydrogen) atoms. The minimum Gasteiger partial charge on any atom is -0.334 e. The zero-order valence-corrected chi connectivity index (χ0v) is 16.9. The number of H-pyrrole nitrogens is 1. The highest BCUT2D eigenvalue weighted by atomic mass is 35.5. The molecule has 0 atom stereocenters. The van der Waals surface area contributed by atoms with Gasteiger partial charge >= 0.3 is 5.69 Å². The highest BCUT2D eigenvalue weighted by Gasteiger charge is 2.39. The van der Waals surface area contributed by atoms with Gasteiger partial charge in [0.05, 0.1) is 16.5 Å². The summed E-state index contributed by atoms with van der Waals surface area (Å²) in [4.78, 5) is 36.7. The monoisotopic (exact) mass is 418 g/mol. The fourth-order valence-corrected chi connectivity index (χ4v) is 3.80. The van der Waals surface area contributed by atoms with Gasteiger partial charge in [0, 0.05) is 18.2 Å². The maximum atomic E-state index is 12.7. The van der Waals surface area contributed by atoms with E-state index in [2.05, 4.69) is 20.1 Å². The van der Waals surface area contributed by atoms with Gasteiger partial charge in [0.25, 0.3) is 11.4 Å². The molecule has 0 aromatic carbocycles. The number of fused-ring (bicyclic) bond motifs is 1. The fourth-order valence-electron chi connectivity index (χ4n) is 3.80. The number of hydrogen-bond donors (Lipinski definition) is 2. The second-order valence-electron chi connectivity index (χ2n) is 7.91. The summed E-state index contributed by atoms with van der Waals surface area (Å²) in [5.41, 5.74) is 6.55. The minimum absolute atomic E-state index is 0. The van der Waals surface area contributed by atoms with Crippen molar-refractivity contribution in [3.63, 3.8) is 0 Å². The molecular formula is C19H23ClN6O3. The lowest BCUT2D eigenvalue weighted by atomic mass is 9.77. The summed E-state index contributed by atoms with van der Waals surface area (Å²) >= 11 is 0. The number of aromatic nitrogens is 5. The molecule has 0 unspecified atom stereocenters. The molecule has 2 aliphatic rings. The van der Waals surface area contributed by atoms with Gasteiger partial charge in [-0.2, -0.15) is 4.98 Å². The van der Waals surface area contributed by atoms with Crippen LogP contribution in [0.2, 0.25) is 0 Å². The van der Waals surface area contributed by atoms with Crippen molar-refractivity contribution in [1.29, 1.82) is 0 Å². The van der Waals surface area contributed by atoms with E-state index >= 15 is 0 Å². The van der Waals surface area contributed by atoms with Crippen molar-refractivity contribution < 1.29 is 4.52 Å². The minimum atomic E-state index is -0.555. The molecule has 2 fully saturated rings. The number of nitrogens with one attached hydrogen (secondary N) is 1. The Morgan fingerprint density at radius 3 is 2.69 bits per heavy atom. The van der Waals surface area contributed by atoms with Crippen LogP contribution in [0.15, 0.2) is 20.2 Å². The van der Waals surface area contributed by atoms with Crippen LogP contribution < -0.4 is 17.0 Å². The second-order valence-corrected chi connectivity index (χ2v) is 7.91. The molecule has 0 amide bonds. The average molecular weight is 419 g/mol. The lowest BCUT2D eigenvalue weighted by Crippen LogP contribution is -2.44. The molecule has 10 heteroatoms. The lowest BCUT2D eigenvalue weighted by molar-refractivity contribution is 0.229. The number of halogens is 1. The van der Waals surface area contributed by atoms with Gasteiger partial charge in [-0.3, -0.25) is 14.3 Å². The molecule has 0 spiro atoms. The molecule has 154 valence electrons. The van der Waals surface area contributed by atoms with E-state index in [4.69, 9.17) is 10.3 Å². The molecule has 3 aromatic heterocycles. The van der Waals surface area contributed by atoms with E-state index in [1.807, 2.05) is 13.0 Å². The van der Waals surface area contributed by atoms with Crippen molar-refractivity contribution >= 4 is 23.4 Å². The second kappa shape index (κ2) is 7.07. The van der Waals surface area contributed by atoms with Gasteiger partial charge in [0.2, 0.25) is 0 Å². The quantitative estimate of drug-likeness (QED) is 0.648. The fraction of sp³-hybridized carbons (Fsp3) is 0.526. The van der Waals surface area contributed by atoms with E-state index in [0.717, 1.165) is 44.2 Å². The van der Waals surface area contributed by atoms with Gasteiger partial charge in [-0.1, -0.05) is 12.1 Å². The third kappa shape index (κ3) is 3.18. The number of nitrogens with two attached hydrogens (primary N) is 1. The molecule has 2 saturated carbocycles. The molecular weight excluding hydrogens is 396 g/mol. The maximum Gasteiger partial charge on any atom is 0.329 e. The summed E-state index contributed by atoms with van der Waals surface area (Å²) in [6.07, 6.45) is 5.49. The number of aryl methyl sites for hydroxylation is 1.